The smallest absolute Gasteiger partial charge is 0.407 e. The quantitative estimate of drug-likeness (QED) is 0.681. The summed E-state index contributed by atoms with van der Waals surface area (Å²) in [6, 6.07) is 3.21. The molecule has 0 unspecified atom stereocenters. The topological polar surface area (TPSA) is 84.5 Å². The summed E-state index contributed by atoms with van der Waals surface area (Å²) in [7, 11) is -3.37. The van der Waals surface area contributed by atoms with Crippen LogP contribution in [0.25, 0.3) is 0 Å². The lowest BCUT2D eigenvalue weighted by Gasteiger charge is -2.13. The summed E-state index contributed by atoms with van der Waals surface area (Å²) in [6.07, 6.45) is 0.324. The van der Waals surface area contributed by atoms with Crippen LogP contribution in [-0.4, -0.2) is 26.9 Å². The van der Waals surface area contributed by atoms with Crippen molar-refractivity contribution in [2.24, 2.45) is 0 Å². The summed E-state index contributed by atoms with van der Waals surface area (Å²) in [5.41, 5.74) is 1.07. The number of hydrogen-bond acceptors (Lipinski definition) is 4. The molecule has 1 aromatic carbocycles. The van der Waals surface area contributed by atoms with Crippen molar-refractivity contribution < 1.29 is 17.9 Å². The van der Waals surface area contributed by atoms with Crippen LogP contribution in [0.1, 0.15) is 19.4 Å². The number of amides is 1. The molecule has 118 valence electrons. The number of rotatable bonds is 5. The Kier molecular flexibility index (Phi) is 6.54. The minimum absolute atomic E-state index is 0.194. The Morgan fingerprint density at radius 2 is 2.05 bits per heavy atom. The Bertz CT molecular complexity index is 634. The Labute approximate surface area is 142 Å². The van der Waals surface area contributed by atoms with Crippen LogP contribution < -0.4 is 10.0 Å². The molecule has 2 N–H and O–H groups in total. The highest BCUT2D eigenvalue weighted by Crippen LogP contribution is 2.27. The van der Waals surface area contributed by atoms with Crippen molar-refractivity contribution in [2.45, 2.75) is 26.5 Å². The molecule has 0 aliphatic rings. The lowest BCUT2D eigenvalue weighted by Crippen LogP contribution is -2.26. The van der Waals surface area contributed by atoms with Gasteiger partial charge in [-0.1, -0.05) is 11.6 Å². The van der Waals surface area contributed by atoms with Gasteiger partial charge in [0.25, 0.3) is 0 Å². The maximum Gasteiger partial charge on any atom is 0.407 e. The number of hydrogen-bond donors (Lipinski definition) is 2. The van der Waals surface area contributed by atoms with Crippen LogP contribution in [0.5, 0.6) is 0 Å². The van der Waals surface area contributed by atoms with Gasteiger partial charge in [0.15, 0.2) is 0 Å². The molecular weight excluding hydrogens is 431 g/mol. The van der Waals surface area contributed by atoms with Crippen LogP contribution in [0, 0.1) is 3.57 Å². The van der Waals surface area contributed by atoms with Gasteiger partial charge in [-0.15, -0.1) is 0 Å². The van der Waals surface area contributed by atoms with Crippen molar-refractivity contribution in [3.63, 3.8) is 0 Å². The predicted octanol–water partition coefficient (Wildman–Crippen LogP) is 2.95. The first-order valence-corrected chi connectivity index (χ1v) is 9.33. The zero-order valence-corrected chi connectivity index (χ0v) is 15.5. The minimum Gasteiger partial charge on any atom is -0.447 e. The number of alkyl carbamates (subject to hydrolysis) is 1. The third kappa shape index (κ3) is 6.70. The molecule has 0 bridgehead atoms. The second-order valence-electron chi connectivity index (χ2n) is 4.61. The van der Waals surface area contributed by atoms with Gasteiger partial charge in [0, 0.05) is 15.1 Å². The number of sulfonamides is 1. The van der Waals surface area contributed by atoms with Gasteiger partial charge in [-0.3, -0.25) is 4.72 Å². The van der Waals surface area contributed by atoms with Crippen molar-refractivity contribution in [2.75, 3.05) is 11.0 Å². The van der Waals surface area contributed by atoms with Gasteiger partial charge < -0.3 is 10.1 Å². The first-order chi connectivity index (χ1) is 9.58. The van der Waals surface area contributed by atoms with E-state index in [4.69, 9.17) is 16.3 Å². The van der Waals surface area contributed by atoms with E-state index in [1.54, 1.807) is 19.9 Å². The van der Waals surface area contributed by atoms with Gasteiger partial charge in [-0.2, -0.15) is 0 Å². The van der Waals surface area contributed by atoms with E-state index in [1.807, 2.05) is 22.6 Å². The van der Waals surface area contributed by atoms with Gasteiger partial charge in [0.1, 0.15) is 0 Å². The molecule has 1 rings (SSSR count). The monoisotopic (exact) mass is 446 g/mol. The third-order valence-electron chi connectivity index (χ3n) is 2.20. The number of carbonyl (C=O) groups excluding carboxylic acids is 1. The molecule has 1 amide bonds. The number of benzene rings is 1. The van der Waals surface area contributed by atoms with E-state index >= 15 is 0 Å². The highest BCUT2D eigenvalue weighted by Gasteiger charge is 2.12. The average molecular weight is 447 g/mol. The van der Waals surface area contributed by atoms with Crippen LogP contribution in [0.3, 0.4) is 0 Å². The molecule has 0 aromatic heterocycles. The second-order valence-corrected chi connectivity index (χ2v) is 7.92. The van der Waals surface area contributed by atoms with E-state index < -0.39 is 16.1 Å². The van der Waals surface area contributed by atoms with Crippen molar-refractivity contribution in [1.82, 2.24) is 5.32 Å². The van der Waals surface area contributed by atoms with Crippen LogP contribution >= 0.6 is 34.2 Å². The van der Waals surface area contributed by atoms with Gasteiger partial charge >= 0.3 is 6.09 Å². The zero-order valence-electron chi connectivity index (χ0n) is 11.7. The van der Waals surface area contributed by atoms with Gasteiger partial charge in [0.2, 0.25) is 10.0 Å². The number of ether oxygens (including phenoxy) is 1. The van der Waals surface area contributed by atoms with Gasteiger partial charge in [-0.05, 0) is 54.1 Å². The molecule has 0 aliphatic heterocycles. The van der Waals surface area contributed by atoms with Gasteiger partial charge in [0.05, 0.1) is 18.0 Å². The number of halogens is 2. The maximum atomic E-state index is 11.4. The molecule has 0 aliphatic carbocycles. The molecule has 0 saturated carbocycles. The standard InChI is InChI=1S/C12H16ClIN2O4S/c1-7(2)20-12(17)15-6-8-4-10(14)11(5-9(8)13)16-21(3,18)19/h4-5,7,16H,6H2,1-3H3,(H,15,17). The average Bonchev–Trinajstić information content (AvgIpc) is 2.29. The first-order valence-electron chi connectivity index (χ1n) is 5.98. The third-order valence-corrected chi connectivity index (χ3v) is 4.03. The van der Waals surface area contributed by atoms with Crippen molar-refractivity contribution in [1.29, 1.82) is 0 Å². The van der Waals surface area contributed by atoms with E-state index in [2.05, 4.69) is 10.0 Å². The molecule has 6 nitrogen and oxygen atoms in total. The molecule has 0 fully saturated rings. The summed E-state index contributed by atoms with van der Waals surface area (Å²) in [4.78, 5) is 11.4. The molecule has 0 saturated heterocycles. The fraction of sp³-hybridized carbons (Fsp3) is 0.417. The molecule has 0 radical (unpaired) electrons. The van der Waals surface area contributed by atoms with E-state index in [0.29, 0.717) is 19.8 Å². The zero-order chi connectivity index (χ0) is 16.2. The molecular formula is C12H16ClIN2O4S. The molecule has 21 heavy (non-hydrogen) atoms. The second kappa shape index (κ2) is 7.50. The lowest BCUT2D eigenvalue weighted by atomic mass is 10.2. The van der Waals surface area contributed by atoms with E-state index in [-0.39, 0.29) is 12.6 Å². The lowest BCUT2D eigenvalue weighted by molar-refractivity contribution is 0.115. The highest BCUT2D eigenvalue weighted by atomic mass is 127. The Morgan fingerprint density at radius 3 is 2.57 bits per heavy atom. The summed E-state index contributed by atoms with van der Waals surface area (Å²) in [5, 5.41) is 2.93. The molecule has 1 aromatic rings. The minimum atomic E-state index is -3.37. The number of carbonyl (C=O) groups is 1. The highest BCUT2D eigenvalue weighted by molar-refractivity contribution is 14.1. The molecule has 9 heteroatoms. The van der Waals surface area contributed by atoms with Crippen molar-refractivity contribution in [3.8, 4) is 0 Å². The summed E-state index contributed by atoms with van der Waals surface area (Å²) >= 11 is 8.08. The maximum absolute atomic E-state index is 11.4. The first kappa shape index (κ1) is 18.3. The SMILES string of the molecule is CC(C)OC(=O)NCc1cc(I)c(NS(C)(=O)=O)cc1Cl. The number of anilines is 1. The Morgan fingerprint density at radius 1 is 1.43 bits per heavy atom. The van der Waals surface area contributed by atoms with Gasteiger partial charge in [-0.25, -0.2) is 13.2 Å². The van der Waals surface area contributed by atoms with Crippen LogP contribution in [-0.2, 0) is 21.3 Å². The summed E-state index contributed by atoms with van der Waals surface area (Å²) < 4.78 is 30.5. The van der Waals surface area contributed by atoms with Crippen LogP contribution in [0.2, 0.25) is 5.02 Å². The Hall–Kier alpha value is -0.740. The summed E-state index contributed by atoms with van der Waals surface area (Å²) in [6.45, 7) is 3.70. The van der Waals surface area contributed by atoms with E-state index in [9.17, 15) is 13.2 Å². The molecule has 0 atom stereocenters. The fourth-order valence-corrected chi connectivity index (χ4v) is 3.07. The largest absolute Gasteiger partial charge is 0.447 e. The van der Waals surface area contributed by atoms with E-state index in [0.717, 1.165) is 6.26 Å². The predicted molar refractivity (Wildman–Crippen MR) is 91.1 cm³/mol. The van der Waals surface area contributed by atoms with Crippen molar-refractivity contribution in [3.05, 3.63) is 26.3 Å². The van der Waals surface area contributed by atoms with Crippen LogP contribution in [0.4, 0.5) is 10.5 Å². The molecule has 0 spiro atoms. The fourth-order valence-electron chi connectivity index (χ4n) is 1.42. The van der Waals surface area contributed by atoms with Crippen molar-refractivity contribution >= 4 is 56.0 Å². The Balaban J connectivity index is 2.82. The summed E-state index contributed by atoms with van der Waals surface area (Å²) in [5.74, 6) is 0. The normalized spacial score (nSPS) is 11.3. The molecule has 0 heterocycles. The number of nitrogens with one attached hydrogen (secondary N) is 2. The van der Waals surface area contributed by atoms with E-state index in [1.165, 1.54) is 6.07 Å². The van der Waals surface area contributed by atoms with Crippen LogP contribution in [0.15, 0.2) is 12.1 Å².